The smallest absolute Gasteiger partial charge is 0.258 e. The van der Waals surface area contributed by atoms with Crippen molar-refractivity contribution in [2.45, 2.75) is 12.8 Å². The number of fused-ring (bicyclic) bond motifs is 1. The molecule has 0 radical (unpaired) electrons. The first-order chi connectivity index (χ1) is 9.31. The minimum atomic E-state index is 0.0490. The highest BCUT2D eigenvalue weighted by Crippen LogP contribution is 2.29. The number of benzene rings is 1. The van der Waals surface area contributed by atoms with Crippen LogP contribution in [0, 0.1) is 0 Å². The summed E-state index contributed by atoms with van der Waals surface area (Å²) in [4.78, 5) is 18.9. The molecule has 1 amide bonds. The fourth-order valence-electron chi connectivity index (χ4n) is 2.60. The molecule has 2 heterocycles. The van der Waals surface area contributed by atoms with Gasteiger partial charge in [-0.2, -0.15) is 0 Å². The van der Waals surface area contributed by atoms with Gasteiger partial charge in [0.1, 0.15) is 5.75 Å². The predicted molar refractivity (Wildman–Crippen MR) is 73.4 cm³/mol. The van der Waals surface area contributed by atoms with Gasteiger partial charge in [-0.25, -0.2) is 0 Å². The third-order valence-electron chi connectivity index (χ3n) is 3.57. The fourth-order valence-corrected chi connectivity index (χ4v) is 2.60. The van der Waals surface area contributed by atoms with Gasteiger partial charge in [0.2, 0.25) is 0 Å². The van der Waals surface area contributed by atoms with Gasteiger partial charge in [0, 0.05) is 24.7 Å². The summed E-state index contributed by atoms with van der Waals surface area (Å²) in [5.74, 6) is 0.672. The Kier molecular flexibility index (Phi) is 3.07. The average Bonchev–Trinajstić information content (AvgIpc) is 2.99. The lowest BCUT2D eigenvalue weighted by atomic mass is 10.1. The lowest BCUT2D eigenvalue weighted by Crippen LogP contribution is -2.28. The van der Waals surface area contributed by atoms with Crippen LogP contribution in [0.2, 0.25) is 0 Å². The molecule has 98 valence electrons. The topological polar surface area (TPSA) is 42.4 Å². The van der Waals surface area contributed by atoms with E-state index in [9.17, 15) is 4.79 Å². The van der Waals surface area contributed by atoms with Crippen LogP contribution in [0.5, 0.6) is 5.75 Å². The summed E-state index contributed by atoms with van der Waals surface area (Å²) in [6.07, 6.45) is 3.90. The van der Waals surface area contributed by atoms with Crippen molar-refractivity contribution in [3.05, 3.63) is 36.0 Å². The van der Waals surface area contributed by atoms with E-state index in [2.05, 4.69) is 4.98 Å². The van der Waals surface area contributed by atoms with Gasteiger partial charge in [-0.3, -0.25) is 9.78 Å². The SMILES string of the molecule is COc1ccc2ncccc2c1C(=O)N1CCCC1. The standard InChI is InChI=1S/C15H16N2O2/c1-19-13-7-6-12-11(5-4-8-16-12)14(13)15(18)17-9-2-3-10-17/h4-8H,2-3,9-10H2,1H3. The van der Waals surface area contributed by atoms with Crippen LogP contribution < -0.4 is 4.74 Å². The first kappa shape index (κ1) is 12.0. The fraction of sp³-hybridized carbons (Fsp3) is 0.333. The molecule has 4 heteroatoms. The summed E-state index contributed by atoms with van der Waals surface area (Å²) in [6, 6.07) is 7.48. The third-order valence-corrected chi connectivity index (χ3v) is 3.57. The molecule has 0 N–H and O–H groups in total. The molecular weight excluding hydrogens is 240 g/mol. The predicted octanol–water partition coefficient (Wildman–Crippen LogP) is 2.48. The van der Waals surface area contributed by atoms with Crippen LogP contribution in [-0.4, -0.2) is 36.0 Å². The molecule has 19 heavy (non-hydrogen) atoms. The van der Waals surface area contributed by atoms with Crippen molar-refractivity contribution >= 4 is 16.8 Å². The molecule has 0 bridgehead atoms. The molecule has 3 rings (SSSR count). The number of likely N-dealkylation sites (tertiary alicyclic amines) is 1. The molecule has 1 aliphatic heterocycles. The van der Waals surface area contributed by atoms with Crippen molar-refractivity contribution < 1.29 is 9.53 Å². The minimum absolute atomic E-state index is 0.0490. The normalized spacial score (nSPS) is 14.9. The van der Waals surface area contributed by atoms with Gasteiger partial charge < -0.3 is 9.64 Å². The lowest BCUT2D eigenvalue weighted by Gasteiger charge is -2.18. The highest BCUT2D eigenvalue weighted by molar-refractivity contribution is 6.08. The molecule has 4 nitrogen and oxygen atoms in total. The van der Waals surface area contributed by atoms with Crippen LogP contribution >= 0.6 is 0 Å². The second kappa shape index (κ2) is 4.88. The van der Waals surface area contributed by atoms with E-state index >= 15 is 0 Å². The van der Waals surface area contributed by atoms with Gasteiger partial charge in [0.25, 0.3) is 5.91 Å². The molecule has 1 aromatic carbocycles. The molecule has 0 aliphatic carbocycles. The molecular formula is C15H16N2O2. The van der Waals surface area contributed by atoms with E-state index in [1.54, 1.807) is 13.3 Å². The number of carbonyl (C=O) groups excluding carboxylic acids is 1. The molecule has 2 aromatic rings. The molecule has 1 fully saturated rings. The highest BCUT2D eigenvalue weighted by atomic mass is 16.5. The van der Waals surface area contributed by atoms with Crippen molar-refractivity contribution in [2.24, 2.45) is 0 Å². The number of aromatic nitrogens is 1. The maximum absolute atomic E-state index is 12.7. The van der Waals surface area contributed by atoms with Crippen LogP contribution in [0.25, 0.3) is 10.9 Å². The Morgan fingerprint density at radius 1 is 1.26 bits per heavy atom. The Balaban J connectivity index is 2.16. The maximum Gasteiger partial charge on any atom is 0.258 e. The molecule has 0 spiro atoms. The molecule has 0 unspecified atom stereocenters. The minimum Gasteiger partial charge on any atom is -0.496 e. The number of ether oxygens (including phenoxy) is 1. The second-order valence-corrected chi connectivity index (χ2v) is 4.71. The Morgan fingerprint density at radius 2 is 2.05 bits per heavy atom. The summed E-state index contributed by atoms with van der Waals surface area (Å²) in [5.41, 5.74) is 1.46. The molecule has 0 atom stereocenters. The van der Waals surface area contributed by atoms with Gasteiger partial charge in [-0.1, -0.05) is 6.07 Å². The monoisotopic (exact) mass is 256 g/mol. The van der Waals surface area contributed by atoms with Crippen molar-refractivity contribution in [3.8, 4) is 5.75 Å². The zero-order valence-corrected chi connectivity index (χ0v) is 10.9. The van der Waals surface area contributed by atoms with Gasteiger partial charge >= 0.3 is 0 Å². The Hall–Kier alpha value is -2.10. The first-order valence-electron chi connectivity index (χ1n) is 6.52. The quantitative estimate of drug-likeness (QED) is 0.829. The molecule has 1 aliphatic rings. The Morgan fingerprint density at radius 3 is 2.79 bits per heavy atom. The second-order valence-electron chi connectivity index (χ2n) is 4.71. The third kappa shape index (κ3) is 2.03. The number of carbonyl (C=O) groups is 1. The lowest BCUT2D eigenvalue weighted by molar-refractivity contribution is 0.0791. The van der Waals surface area contributed by atoms with E-state index in [1.165, 1.54) is 0 Å². The number of rotatable bonds is 2. The van der Waals surface area contributed by atoms with E-state index < -0.39 is 0 Å². The van der Waals surface area contributed by atoms with Gasteiger partial charge in [0.15, 0.2) is 0 Å². The van der Waals surface area contributed by atoms with Gasteiger partial charge in [-0.15, -0.1) is 0 Å². The number of nitrogens with zero attached hydrogens (tertiary/aromatic N) is 2. The largest absolute Gasteiger partial charge is 0.496 e. The number of hydrogen-bond acceptors (Lipinski definition) is 3. The number of hydrogen-bond donors (Lipinski definition) is 0. The van der Waals surface area contributed by atoms with E-state index in [0.717, 1.165) is 36.8 Å². The van der Waals surface area contributed by atoms with Crippen LogP contribution in [0.3, 0.4) is 0 Å². The summed E-state index contributed by atoms with van der Waals surface area (Å²) in [5, 5.41) is 0.860. The van der Waals surface area contributed by atoms with Gasteiger partial charge in [-0.05, 0) is 31.0 Å². The van der Waals surface area contributed by atoms with E-state index in [4.69, 9.17) is 4.74 Å². The van der Waals surface area contributed by atoms with Crippen LogP contribution in [0.15, 0.2) is 30.5 Å². The van der Waals surface area contributed by atoms with Crippen molar-refractivity contribution in [1.29, 1.82) is 0 Å². The van der Waals surface area contributed by atoms with Crippen molar-refractivity contribution in [3.63, 3.8) is 0 Å². The number of amides is 1. The summed E-state index contributed by atoms with van der Waals surface area (Å²) >= 11 is 0. The van der Waals surface area contributed by atoms with Crippen molar-refractivity contribution in [1.82, 2.24) is 9.88 Å². The Bertz CT molecular complexity index is 619. The molecule has 0 saturated carbocycles. The molecule has 1 aromatic heterocycles. The zero-order chi connectivity index (χ0) is 13.2. The molecule has 1 saturated heterocycles. The first-order valence-corrected chi connectivity index (χ1v) is 6.52. The summed E-state index contributed by atoms with van der Waals surface area (Å²) < 4.78 is 5.36. The highest BCUT2D eigenvalue weighted by Gasteiger charge is 2.24. The number of methoxy groups -OCH3 is 1. The van der Waals surface area contributed by atoms with Crippen LogP contribution in [0.1, 0.15) is 23.2 Å². The summed E-state index contributed by atoms with van der Waals surface area (Å²) in [6.45, 7) is 1.66. The van der Waals surface area contributed by atoms with E-state index in [0.29, 0.717) is 11.3 Å². The van der Waals surface area contributed by atoms with E-state index in [1.807, 2.05) is 29.2 Å². The Labute approximate surface area is 112 Å². The van der Waals surface area contributed by atoms with E-state index in [-0.39, 0.29) is 5.91 Å². The van der Waals surface area contributed by atoms with Gasteiger partial charge in [0.05, 0.1) is 18.2 Å². The van der Waals surface area contributed by atoms with Crippen molar-refractivity contribution in [2.75, 3.05) is 20.2 Å². The average molecular weight is 256 g/mol. The van der Waals surface area contributed by atoms with Crippen LogP contribution in [-0.2, 0) is 0 Å². The summed E-state index contributed by atoms with van der Waals surface area (Å²) in [7, 11) is 1.60. The zero-order valence-electron chi connectivity index (χ0n) is 10.9. The maximum atomic E-state index is 12.7. The van der Waals surface area contributed by atoms with Crippen LogP contribution in [0.4, 0.5) is 0 Å². The number of pyridine rings is 1.